The summed E-state index contributed by atoms with van der Waals surface area (Å²) in [6.45, 7) is 3.60. The van der Waals surface area contributed by atoms with E-state index in [0.29, 0.717) is 19.8 Å². The number of amides is 1. The van der Waals surface area contributed by atoms with Crippen LogP contribution in [0.15, 0.2) is 0 Å². The van der Waals surface area contributed by atoms with Gasteiger partial charge in [-0.25, -0.2) is 4.79 Å². The molecule has 0 saturated heterocycles. The van der Waals surface area contributed by atoms with Gasteiger partial charge < -0.3 is 14.8 Å². The van der Waals surface area contributed by atoms with Crippen LogP contribution in [-0.4, -0.2) is 33.0 Å². The minimum atomic E-state index is -0.417. The Morgan fingerprint density at radius 1 is 1.60 bits per heavy atom. The number of nitrogens with one attached hydrogen (secondary N) is 1. The number of ether oxygens (including phenoxy) is 2. The first-order chi connectivity index (χ1) is 4.81. The lowest BCUT2D eigenvalue weighted by molar-refractivity contribution is 0.138. The Kier molecular flexibility index (Phi) is 5.86. The summed E-state index contributed by atoms with van der Waals surface area (Å²) >= 11 is 0. The van der Waals surface area contributed by atoms with Gasteiger partial charge in [0.15, 0.2) is 0 Å². The van der Waals surface area contributed by atoms with Crippen LogP contribution in [0.2, 0.25) is 0 Å². The van der Waals surface area contributed by atoms with E-state index < -0.39 is 6.09 Å². The second-order valence-electron chi connectivity index (χ2n) is 1.62. The second-order valence-corrected chi connectivity index (χ2v) is 1.62. The molecule has 0 aromatic rings. The third kappa shape index (κ3) is 5.37. The molecule has 1 amide bonds. The van der Waals surface area contributed by atoms with Gasteiger partial charge in [-0.3, -0.25) is 0 Å². The predicted molar refractivity (Wildman–Crippen MR) is 36.9 cm³/mol. The quantitative estimate of drug-likeness (QED) is 0.585. The smallest absolute Gasteiger partial charge is 0.406 e. The fourth-order valence-electron chi connectivity index (χ4n) is 0.442. The van der Waals surface area contributed by atoms with E-state index >= 15 is 0 Å². The van der Waals surface area contributed by atoms with Crippen molar-refractivity contribution >= 4 is 6.09 Å². The van der Waals surface area contributed by atoms with E-state index in [9.17, 15) is 4.79 Å². The number of rotatable bonds is 4. The van der Waals surface area contributed by atoms with Crippen molar-refractivity contribution in [3.63, 3.8) is 0 Å². The maximum atomic E-state index is 10.4. The third-order valence-corrected chi connectivity index (χ3v) is 0.905. The van der Waals surface area contributed by atoms with E-state index in [-0.39, 0.29) is 0 Å². The van der Waals surface area contributed by atoms with Crippen LogP contribution in [-0.2, 0) is 9.47 Å². The van der Waals surface area contributed by atoms with Crippen molar-refractivity contribution in [2.24, 2.45) is 0 Å². The Balaban J connectivity index is 2.96. The molecule has 0 aromatic heterocycles. The number of hydrogen-bond acceptors (Lipinski definition) is 3. The van der Waals surface area contributed by atoms with Crippen LogP contribution in [0.3, 0.4) is 0 Å². The van der Waals surface area contributed by atoms with Gasteiger partial charge >= 0.3 is 6.09 Å². The highest BCUT2D eigenvalue weighted by Gasteiger charge is 1.94. The topological polar surface area (TPSA) is 47.6 Å². The molecule has 60 valence electrons. The zero-order chi connectivity index (χ0) is 7.82. The van der Waals surface area contributed by atoms with Crippen LogP contribution in [0.4, 0.5) is 4.79 Å². The summed E-state index contributed by atoms with van der Waals surface area (Å²) in [5.74, 6) is 0. The molecule has 0 aliphatic carbocycles. The second kappa shape index (κ2) is 6.35. The monoisotopic (exact) mass is 147 g/mol. The summed E-state index contributed by atoms with van der Waals surface area (Å²) in [6.07, 6.45) is -0.417. The van der Waals surface area contributed by atoms with Crippen molar-refractivity contribution in [2.75, 3.05) is 26.9 Å². The molecule has 10 heavy (non-hydrogen) atoms. The zero-order valence-electron chi connectivity index (χ0n) is 6.35. The van der Waals surface area contributed by atoms with E-state index in [1.807, 2.05) is 6.92 Å². The molecule has 0 bridgehead atoms. The minimum Gasteiger partial charge on any atom is -0.453 e. The van der Waals surface area contributed by atoms with Gasteiger partial charge in [0.05, 0.1) is 13.7 Å². The van der Waals surface area contributed by atoms with E-state index in [2.05, 4.69) is 10.1 Å². The van der Waals surface area contributed by atoms with Crippen LogP contribution in [0, 0.1) is 0 Å². The Morgan fingerprint density at radius 2 is 2.30 bits per heavy atom. The lowest BCUT2D eigenvalue weighted by Gasteiger charge is -2.02. The van der Waals surface area contributed by atoms with Crippen LogP contribution < -0.4 is 5.32 Å². The molecule has 4 nitrogen and oxygen atoms in total. The molecule has 0 unspecified atom stereocenters. The maximum absolute atomic E-state index is 10.4. The SMILES string of the molecule is CCOCCNC(=O)OC. The molecule has 0 aromatic carbocycles. The molecule has 0 spiro atoms. The number of alkyl carbamates (subject to hydrolysis) is 1. The average molecular weight is 147 g/mol. The molecule has 4 heteroatoms. The number of hydrogen-bond donors (Lipinski definition) is 1. The molecule has 0 aliphatic rings. The van der Waals surface area contributed by atoms with E-state index in [4.69, 9.17) is 4.74 Å². The van der Waals surface area contributed by atoms with E-state index in [0.717, 1.165) is 0 Å². The Labute approximate surface area is 60.5 Å². The maximum Gasteiger partial charge on any atom is 0.406 e. The van der Waals surface area contributed by atoms with Gasteiger partial charge in [-0.2, -0.15) is 0 Å². The first-order valence-corrected chi connectivity index (χ1v) is 3.20. The molecule has 1 N–H and O–H groups in total. The molecular weight excluding hydrogens is 134 g/mol. The molecule has 0 rings (SSSR count). The number of carbonyl (C=O) groups is 1. The Bertz CT molecular complexity index is 95.0. The molecule has 0 fully saturated rings. The van der Waals surface area contributed by atoms with Crippen LogP contribution in [0.1, 0.15) is 6.92 Å². The molecule has 0 aliphatic heterocycles. The standard InChI is InChI=1S/C6H13NO3/c1-3-10-5-4-7-6(8)9-2/h3-5H2,1-2H3,(H,7,8). The average Bonchev–Trinajstić information content (AvgIpc) is 1.98. The fraction of sp³-hybridized carbons (Fsp3) is 0.833. The van der Waals surface area contributed by atoms with Gasteiger partial charge in [0.2, 0.25) is 0 Å². The van der Waals surface area contributed by atoms with Crippen molar-refractivity contribution in [3.05, 3.63) is 0 Å². The summed E-state index contributed by atoms with van der Waals surface area (Å²) < 4.78 is 9.28. The summed E-state index contributed by atoms with van der Waals surface area (Å²) in [6, 6.07) is 0. The van der Waals surface area contributed by atoms with Gasteiger partial charge in [0, 0.05) is 13.2 Å². The van der Waals surface area contributed by atoms with Crippen LogP contribution in [0.5, 0.6) is 0 Å². The summed E-state index contributed by atoms with van der Waals surface area (Å²) in [7, 11) is 1.33. The van der Waals surface area contributed by atoms with E-state index in [1.165, 1.54) is 7.11 Å². The lowest BCUT2D eigenvalue weighted by atomic mass is 10.7. The Morgan fingerprint density at radius 3 is 2.80 bits per heavy atom. The van der Waals surface area contributed by atoms with Crippen molar-refractivity contribution in [2.45, 2.75) is 6.92 Å². The van der Waals surface area contributed by atoms with Gasteiger partial charge in [-0.15, -0.1) is 0 Å². The molecule has 0 radical (unpaired) electrons. The summed E-state index contributed by atoms with van der Waals surface area (Å²) in [4.78, 5) is 10.4. The van der Waals surface area contributed by atoms with Gasteiger partial charge in [-0.05, 0) is 6.92 Å². The number of carbonyl (C=O) groups excluding carboxylic acids is 1. The summed E-state index contributed by atoms with van der Waals surface area (Å²) in [5, 5.41) is 2.48. The van der Waals surface area contributed by atoms with Gasteiger partial charge in [0.1, 0.15) is 0 Å². The summed E-state index contributed by atoms with van der Waals surface area (Å²) in [5.41, 5.74) is 0. The third-order valence-electron chi connectivity index (χ3n) is 0.905. The lowest BCUT2D eigenvalue weighted by Crippen LogP contribution is -2.26. The molecule has 0 heterocycles. The highest BCUT2D eigenvalue weighted by molar-refractivity contribution is 5.66. The molecule has 0 saturated carbocycles. The van der Waals surface area contributed by atoms with Crippen molar-refractivity contribution in [1.82, 2.24) is 5.32 Å². The first-order valence-electron chi connectivity index (χ1n) is 3.20. The first kappa shape index (κ1) is 9.23. The molecule has 0 atom stereocenters. The largest absolute Gasteiger partial charge is 0.453 e. The Hall–Kier alpha value is -0.770. The number of methoxy groups -OCH3 is 1. The van der Waals surface area contributed by atoms with Crippen LogP contribution >= 0.6 is 0 Å². The van der Waals surface area contributed by atoms with Crippen LogP contribution in [0.25, 0.3) is 0 Å². The minimum absolute atomic E-state index is 0.417. The van der Waals surface area contributed by atoms with Crippen molar-refractivity contribution < 1.29 is 14.3 Å². The zero-order valence-corrected chi connectivity index (χ0v) is 6.35. The fourth-order valence-corrected chi connectivity index (χ4v) is 0.442. The normalized spacial score (nSPS) is 9.00. The highest BCUT2D eigenvalue weighted by atomic mass is 16.5. The molecular formula is C6H13NO3. The van der Waals surface area contributed by atoms with Crippen molar-refractivity contribution in [1.29, 1.82) is 0 Å². The predicted octanol–water partition coefficient (Wildman–Crippen LogP) is 0.379. The van der Waals surface area contributed by atoms with Crippen molar-refractivity contribution in [3.8, 4) is 0 Å². The van der Waals surface area contributed by atoms with Gasteiger partial charge in [-0.1, -0.05) is 0 Å². The van der Waals surface area contributed by atoms with Gasteiger partial charge in [0.25, 0.3) is 0 Å². The van der Waals surface area contributed by atoms with E-state index in [1.54, 1.807) is 0 Å². The highest BCUT2D eigenvalue weighted by Crippen LogP contribution is 1.72.